The minimum atomic E-state index is -0.713. The first kappa shape index (κ1) is 20.5. The van der Waals surface area contributed by atoms with Crippen LogP contribution >= 0.6 is 0 Å². The van der Waals surface area contributed by atoms with Gasteiger partial charge >= 0.3 is 0 Å². The van der Waals surface area contributed by atoms with E-state index < -0.39 is 21.2 Å². The molecule has 0 aliphatic carbocycles. The van der Waals surface area contributed by atoms with Crippen molar-refractivity contribution >= 4 is 28.7 Å². The molecule has 2 N–H and O–H groups in total. The van der Waals surface area contributed by atoms with Gasteiger partial charge < -0.3 is 10.6 Å². The van der Waals surface area contributed by atoms with Crippen molar-refractivity contribution in [1.29, 1.82) is 0 Å². The summed E-state index contributed by atoms with van der Waals surface area (Å²) in [5.41, 5.74) is 0.747. The molecule has 0 aliphatic heterocycles. The quantitative estimate of drug-likeness (QED) is 0.431. The highest BCUT2D eigenvalue weighted by molar-refractivity contribution is 6.00. The van der Waals surface area contributed by atoms with Crippen molar-refractivity contribution in [3.05, 3.63) is 104 Å². The van der Waals surface area contributed by atoms with Crippen molar-refractivity contribution in [1.82, 2.24) is 5.32 Å². The van der Waals surface area contributed by atoms with Crippen molar-refractivity contribution in [2.75, 3.05) is 5.32 Å². The van der Waals surface area contributed by atoms with Crippen molar-refractivity contribution in [2.24, 2.45) is 0 Å². The molecule has 0 heterocycles. The molecule has 0 aromatic heterocycles. The Hall–Kier alpha value is -4.27. The smallest absolute Gasteiger partial charge is 0.299 e. The van der Waals surface area contributed by atoms with Crippen LogP contribution in [-0.4, -0.2) is 15.8 Å². The number of hydrogen-bond donors (Lipinski definition) is 2. The average Bonchev–Trinajstić information content (AvgIpc) is 2.74. The molecule has 152 valence electrons. The Labute approximate surface area is 171 Å². The molecule has 0 aliphatic rings. The van der Waals surface area contributed by atoms with Crippen LogP contribution in [-0.2, 0) is 0 Å². The summed E-state index contributed by atoms with van der Waals surface area (Å²) in [6.45, 7) is 1.85. The Morgan fingerprint density at radius 1 is 0.867 bits per heavy atom. The van der Waals surface area contributed by atoms with Gasteiger partial charge in [-0.2, -0.15) is 0 Å². The van der Waals surface area contributed by atoms with Gasteiger partial charge in [-0.1, -0.05) is 42.5 Å². The molecule has 1 amide bonds. The lowest BCUT2D eigenvalue weighted by molar-refractivity contribution is -0.393. The van der Waals surface area contributed by atoms with Gasteiger partial charge in [0.2, 0.25) is 0 Å². The van der Waals surface area contributed by atoms with Gasteiger partial charge in [0.25, 0.3) is 17.3 Å². The number of hydrogen-bond acceptors (Lipinski definition) is 6. The van der Waals surface area contributed by atoms with Crippen molar-refractivity contribution in [2.45, 2.75) is 13.0 Å². The number of nitro groups is 2. The van der Waals surface area contributed by atoms with E-state index in [1.807, 2.05) is 37.3 Å². The second-order valence-corrected chi connectivity index (χ2v) is 6.49. The number of rotatable bonds is 7. The number of anilines is 2. The highest BCUT2D eigenvalue weighted by Gasteiger charge is 2.21. The molecule has 9 nitrogen and oxygen atoms in total. The van der Waals surface area contributed by atoms with Crippen LogP contribution < -0.4 is 10.6 Å². The first-order chi connectivity index (χ1) is 14.4. The second kappa shape index (κ2) is 8.82. The Morgan fingerprint density at radius 3 is 2.20 bits per heavy atom. The van der Waals surface area contributed by atoms with E-state index in [9.17, 15) is 25.0 Å². The fourth-order valence-electron chi connectivity index (χ4n) is 2.92. The molecule has 1 unspecified atom stereocenters. The third-order valence-corrected chi connectivity index (χ3v) is 4.48. The summed E-state index contributed by atoms with van der Waals surface area (Å²) >= 11 is 0. The zero-order chi connectivity index (χ0) is 21.7. The van der Waals surface area contributed by atoms with E-state index in [-0.39, 0.29) is 23.2 Å². The largest absolute Gasteiger partial charge is 0.349 e. The third kappa shape index (κ3) is 4.58. The lowest BCUT2D eigenvalue weighted by Gasteiger charge is -2.17. The SMILES string of the molecule is CC(NC(=O)c1ccccc1Nc1ccc([N+](=O)[O-])cc1[N+](=O)[O-])c1ccccc1. The average molecular weight is 406 g/mol. The predicted molar refractivity (Wildman–Crippen MR) is 112 cm³/mol. The molecule has 0 radical (unpaired) electrons. The predicted octanol–water partition coefficient (Wildman–Crippen LogP) is 4.74. The van der Waals surface area contributed by atoms with Crippen LogP contribution in [0.3, 0.4) is 0 Å². The number of benzene rings is 3. The van der Waals surface area contributed by atoms with Crippen molar-refractivity contribution < 1.29 is 14.6 Å². The Morgan fingerprint density at radius 2 is 1.53 bits per heavy atom. The molecule has 3 aromatic carbocycles. The summed E-state index contributed by atoms with van der Waals surface area (Å²) in [7, 11) is 0. The first-order valence-corrected chi connectivity index (χ1v) is 9.01. The molecule has 1 atom stereocenters. The van der Waals surface area contributed by atoms with E-state index in [0.29, 0.717) is 5.69 Å². The highest BCUT2D eigenvalue weighted by atomic mass is 16.6. The molecule has 0 saturated heterocycles. The molecule has 30 heavy (non-hydrogen) atoms. The Balaban J connectivity index is 1.88. The van der Waals surface area contributed by atoms with Crippen LogP contribution in [0.5, 0.6) is 0 Å². The second-order valence-electron chi connectivity index (χ2n) is 6.49. The lowest BCUT2D eigenvalue weighted by atomic mass is 10.1. The van der Waals surface area contributed by atoms with E-state index >= 15 is 0 Å². The molecule has 3 aromatic rings. The Kier molecular flexibility index (Phi) is 6.02. The minimum Gasteiger partial charge on any atom is -0.349 e. The number of amides is 1. The molecule has 0 fully saturated rings. The van der Waals surface area contributed by atoms with E-state index in [4.69, 9.17) is 0 Å². The maximum absolute atomic E-state index is 12.8. The van der Waals surface area contributed by atoms with Gasteiger partial charge in [-0.15, -0.1) is 0 Å². The number of nitrogens with zero attached hydrogens (tertiary/aromatic N) is 2. The summed E-state index contributed by atoms with van der Waals surface area (Å²) in [5, 5.41) is 28.0. The van der Waals surface area contributed by atoms with E-state index in [1.54, 1.807) is 24.3 Å². The normalized spacial score (nSPS) is 11.4. The molecule has 9 heteroatoms. The molecule has 0 bridgehead atoms. The topological polar surface area (TPSA) is 127 Å². The lowest BCUT2D eigenvalue weighted by Crippen LogP contribution is -2.27. The standard InChI is InChI=1S/C21H18N4O5/c1-14(15-7-3-2-4-8-15)22-21(26)17-9-5-6-10-18(17)23-19-12-11-16(24(27)28)13-20(19)25(29)30/h2-14,23H,1H3,(H,22,26). The van der Waals surface area contributed by atoms with Gasteiger partial charge in [0.05, 0.1) is 33.2 Å². The summed E-state index contributed by atoms with van der Waals surface area (Å²) < 4.78 is 0. The van der Waals surface area contributed by atoms with Crippen LogP contribution in [0.2, 0.25) is 0 Å². The molecule has 0 spiro atoms. The number of carbonyl (C=O) groups is 1. The number of carbonyl (C=O) groups excluding carboxylic acids is 1. The molecular formula is C21H18N4O5. The number of nitrogens with one attached hydrogen (secondary N) is 2. The van der Waals surface area contributed by atoms with Crippen molar-refractivity contribution in [3.63, 3.8) is 0 Å². The monoisotopic (exact) mass is 406 g/mol. The van der Waals surface area contributed by atoms with Crippen molar-refractivity contribution in [3.8, 4) is 0 Å². The number of nitro benzene ring substituents is 2. The molecular weight excluding hydrogens is 388 g/mol. The van der Waals surface area contributed by atoms with Crippen LogP contribution in [0.1, 0.15) is 28.9 Å². The van der Waals surface area contributed by atoms with Gasteiger partial charge in [-0.05, 0) is 30.7 Å². The minimum absolute atomic E-state index is 0.0435. The molecule has 3 rings (SSSR count). The fourth-order valence-corrected chi connectivity index (χ4v) is 2.92. The molecule has 0 saturated carbocycles. The van der Waals surface area contributed by atoms with E-state index in [1.165, 1.54) is 6.07 Å². The van der Waals surface area contributed by atoms with Crippen LogP contribution in [0, 0.1) is 20.2 Å². The third-order valence-electron chi connectivity index (χ3n) is 4.48. The zero-order valence-electron chi connectivity index (χ0n) is 15.9. The van der Waals surface area contributed by atoms with Gasteiger partial charge in [0, 0.05) is 6.07 Å². The highest BCUT2D eigenvalue weighted by Crippen LogP contribution is 2.32. The summed E-state index contributed by atoms with van der Waals surface area (Å²) in [5.74, 6) is -0.362. The first-order valence-electron chi connectivity index (χ1n) is 9.01. The summed E-state index contributed by atoms with van der Waals surface area (Å²) in [6, 6.07) is 19.0. The van der Waals surface area contributed by atoms with Gasteiger partial charge in [-0.25, -0.2) is 0 Å². The summed E-state index contributed by atoms with van der Waals surface area (Å²) in [4.78, 5) is 33.7. The Bertz CT molecular complexity index is 1100. The van der Waals surface area contributed by atoms with Gasteiger partial charge in [-0.3, -0.25) is 25.0 Å². The summed E-state index contributed by atoms with van der Waals surface area (Å²) in [6.07, 6.45) is 0. The van der Waals surface area contributed by atoms with Gasteiger partial charge in [0.15, 0.2) is 0 Å². The number of non-ortho nitro benzene ring substituents is 1. The van der Waals surface area contributed by atoms with E-state index in [0.717, 1.165) is 17.7 Å². The van der Waals surface area contributed by atoms with Crippen LogP contribution in [0.25, 0.3) is 0 Å². The van der Waals surface area contributed by atoms with Gasteiger partial charge in [0.1, 0.15) is 5.69 Å². The van der Waals surface area contributed by atoms with Crippen LogP contribution in [0.4, 0.5) is 22.7 Å². The zero-order valence-corrected chi connectivity index (χ0v) is 15.9. The fraction of sp³-hybridized carbons (Fsp3) is 0.0952. The number of para-hydroxylation sites is 1. The maximum Gasteiger partial charge on any atom is 0.299 e. The van der Waals surface area contributed by atoms with Crippen LogP contribution in [0.15, 0.2) is 72.8 Å². The van der Waals surface area contributed by atoms with E-state index in [2.05, 4.69) is 10.6 Å². The maximum atomic E-state index is 12.8.